The van der Waals surface area contributed by atoms with Gasteiger partial charge in [-0.15, -0.1) is 0 Å². The lowest BCUT2D eigenvalue weighted by molar-refractivity contribution is 0.254. The van der Waals surface area contributed by atoms with E-state index in [0.717, 1.165) is 18.5 Å². The van der Waals surface area contributed by atoms with E-state index in [1.807, 2.05) is 0 Å². The average molecular weight is 488 g/mol. The summed E-state index contributed by atoms with van der Waals surface area (Å²) in [6.07, 6.45) is 6.11. The number of nitriles is 1. The van der Waals surface area contributed by atoms with E-state index in [2.05, 4.69) is 62.8 Å². The molecule has 2 unspecified atom stereocenters. The molecule has 0 spiro atoms. The van der Waals surface area contributed by atoms with Crippen molar-refractivity contribution in [3.05, 3.63) is 58.8 Å². The second-order valence-electron chi connectivity index (χ2n) is 9.99. The van der Waals surface area contributed by atoms with Crippen LogP contribution in [-0.4, -0.2) is 53.3 Å². The molecule has 0 fully saturated rings. The third-order valence-electron chi connectivity index (χ3n) is 6.94. The second-order valence-corrected chi connectivity index (χ2v) is 13.2. The predicted octanol–water partition coefficient (Wildman–Crippen LogP) is 4.38. The number of likely N-dealkylation sites (N-methyl/N-ethyl adjacent to an activating group) is 1. The summed E-state index contributed by atoms with van der Waals surface area (Å²) < 4.78 is 12.4. The summed E-state index contributed by atoms with van der Waals surface area (Å²) in [7, 11) is 1.83. The maximum absolute atomic E-state index is 12.4. The Labute approximate surface area is 206 Å². The molecule has 8 nitrogen and oxygen atoms in total. The summed E-state index contributed by atoms with van der Waals surface area (Å²) in [5.41, 5.74) is 6.16. The highest BCUT2D eigenvalue weighted by Crippen LogP contribution is 2.45. The lowest BCUT2D eigenvalue weighted by atomic mass is 9.82. The Bertz CT molecular complexity index is 1370. The molecule has 180 valence electrons. The summed E-state index contributed by atoms with van der Waals surface area (Å²) >= 11 is 0. The highest BCUT2D eigenvalue weighted by Gasteiger charge is 2.37. The molecule has 2 aliphatic rings. The van der Waals surface area contributed by atoms with E-state index < -0.39 is 7.14 Å². The van der Waals surface area contributed by atoms with E-state index >= 15 is 0 Å². The van der Waals surface area contributed by atoms with E-state index in [1.54, 1.807) is 37.1 Å². The normalized spacial score (nSPS) is 18.7. The van der Waals surface area contributed by atoms with Crippen LogP contribution >= 0.6 is 7.14 Å². The molecule has 0 saturated carbocycles. The Morgan fingerprint density at radius 1 is 1.14 bits per heavy atom. The minimum absolute atomic E-state index is 0.305. The zero-order valence-electron chi connectivity index (χ0n) is 20.5. The maximum atomic E-state index is 12.4. The van der Waals surface area contributed by atoms with Gasteiger partial charge in [-0.05, 0) is 94.1 Å². The largest absolute Gasteiger partial charge is 0.324 e. The van der Waals surface area contributed by atoms with Crippen LogP contribution in [0.15, 0.2) is 36.5 Å². The zero-order chi connectivity index (χ0) is 24.7. The van der Waals surface area contributed by atoms with Crippen molar-refractivity contribution in [3.8, 4) is 6.07 Å². The van der Waals surface area contributed by atoms with Crippen molar-refractivity contribution in [1.29, 1.82) is 5.26 Å². The number of pyridine rings is 1. The van der Waals surface area contributed by atoms with Gasteiger partial charge in [0.2, 0.25) is 5.95 Å². The number of rotatable bonds is 6. The van der Waals surface area contributed by atoms with E-state index in [4.69, 9.17) is 0 Å². The first-order valence-electron chi connectivity index (χ1n) is 11.9. The molecule has 35 heavy (non-hydrogen) atoms. The van der Waals surface area contributed by atoms with Gasteiger partial charge in [-0.1, -0.05) is 6.07 Å². The van der Waals surface area contributed by atoms with Crippen molar-refractivity contribution < 1.29 is 4.57 Å². The van der Waals surface area contributed by atoms with Gasteiger partial charge in [-0.2, -0.15) is 10.2 Å². The number of anilines is 4. The molecule has 0 aliphatic heterocycles. The molecule has 0 amide bonds. The Kier molecular flexibility index (Phi) is 6.08. The van der Waals surface area contributed by atoms with Crippen LogP contribution in [0.2, 0.25) is 0 Å². The monoisotopic (exact) mass is 487 g/mol. The molecular formula is C26H30N7OP. The standard InChI is InChI=1S/C26H30N7OP/c1-33(2)21-13-17-12-19(11-16-7-5-8-20(21)24(16)17)29-26-28-15-18(14-27)25(32-26)31-22-9-6-10-23(30-22)35(3,4)34/h6,9-12,15,20-21H,5,7-8,13H2,1-4H3,(H2,28,29,30,31,32). The van der Waals surface area contributed by atoms with E-state index in [0.29, 0.717) is 40.5 Å². The molecule has 2 atom stereocenters. The lowest BCUT2D eigenvalue weighted by Crippen LogP contribution is -2.32. The molecule has 2 aliphatic carbocycles. The summed E-state index contributed by atoms with van der Waals surface area (Å²) in [5, 5.41) is 16.0. The van der Waals surface area contributed by atoms with Gasteiger partial charge in [0.25, 0.3) is 0 Å². The van der Waals surface area contributed by atoms with E-state index in [-0.39, 0.29) is 0 Å². The number of aromatic nitrogens is 3. The van der Waals surface area contributed by atoms with Crippen LogP contribution in [-0.2, 0) is 17.4 Å². The Hall–Kier alpha value is -3.27. The average Bonchev–Trinajstić information content (AvgIpc) is 3.19. The Morgan fingerprint density at radius 3 is 2.69 bits per heavy atom. The van der Waals surface area contributed by atoms with Crippen molar-refractivity contribution in [2.45, 2.75) is 37.6 Å². The molecule has 0 saturated heterocycles. The quantitative estimate of drug-likeness (QED) is 0.493. The SMILES string of the molecule is CN(C)C1Cc2cc(Nc3ncc(C#N)c(Nc4cccc(P(C)(C)=O)n4)n3)cc3c2C1CCC3. The number of nitrogens with zero attached hydrogens (tertiary/aromatic N) is 5. The van der Waals surface area contributed by atoms with Crippen molar-refractivity contribution in [3.63, 3.8) is 0 Å². The van der Waals surface area contributed by atoms with Crippen molar-refractivity contribution in [1.82, 2.24) is 19.9 Å². The van der Waals surface area contributed by atoms with Gasteiger partial charge >= 0.3 is 0 Å². The van der Waals surface area contributed by atoms with Crippen LogP contribution < -0.4 is 16.1 Å². The fourth-order valence-electron chi connectivity index (χ4n) is 5.32. The summed E-state index contributed by atoms with van der Waals surface area (Å²) in [5.74, 6) is 1.85. The predicted molar refractivity (Wildman–Crippen MR) is 140 cm³/mol. The second kappa shape index (κ2) is 9.07. The molecule has 9 heteroatoms. The van der Waals surface area contributed by atoms with Gasteiger partial charge < -0.3 is 20.1 Å². The van der Waals surface area contributed by atoms with Gasteiger partial charge in [0.1, 0.15) is 30.0 Å². The van der Waals surface area contributed by atoms with Gasteiger partial charge in [-0.3, -0.25) is 0 Å². The molecule has 0 radical (unpaired) electrons. The maximum Gasteiger partial charge on any atom is 0.229 e. The molecule has 2 aromatic heterocycles. The van der Waals surface area contributed by atoms with Crippen LogP contribution in [0, 0.1) is 11.3 Å². The van der Waals surface area contributed by atoms with E-state index in [9.17, 15) is 9.83 Å². The fraction of sp³-hybridized carbons (Fsp3) is 0.385. The number of aryl methyl sites for hydroxylation is 1. The van der Waals surface area contributed by atoms with Crippen LogP contribution in [0.4, 0.5) is 23.3 Å². The third-order valence-corrected chi connectivity index (χ3v) is 8.29. The summed E-state index contributed by atoms with van der Waals surface area (Å²) in [6, 6.07) is 12.4. The Balaban J connectivity index is 1.43. The molecule has 2 heterocycles. The van der Waals surface area contributed by atoms with Crippen LogP contribution in [0.1, 0.15) is 41.0 Å². The van der Waals surface area contributed by atoms with Gasteiger partial charge in [0.15, 0.2) is 5.82 Å². The topological polar surface area (TPSA) is 107 Å². The first-order valence-corrected chi connectivity index (χ1v) is 14.5. The smallest absolute Gasteiger partial charge is 0.229 e. The third kappa shape index (κ3) is 4.67. The number of benzene rings is 1. The van der Waals surface area contributed by atoms with Crippen LogP contribution in [0.3, 0.4) is 0 Å². The highest BCUT2D eigenvalue weighted by molar-refractivity contribution is 7.69. The van der Waals surface area contributed by atoms with Gasteiger partial charge in [-0.25, -0.2) is 9.97 Å². The molecule has 1 aromatic carbocycles. The van der Waals surface area contributed by atoms with Crippen molar-refractivity contribution in [2.24, 2.45) is 0 Å². The first kappa shape index (κ1) is 23.5. The highest BCUT2D eigenvalue weighted by atomic mass is 31.2. The van der Waals surface area contributed by atoms with Crippen LogP contribution in [0.25, 0.3) is 0 Å². The molecule has 5 rings (SSSR count). The molecule has 3 aromatic rings. The summed E-state index contributed by atoms with van der Waals surface area (Å²) in [6.45, 7) is 3.36. The number of hydrogen-bond acceptors (Lipinski definition) is 8. The lowest BCUT2D eigenvalue weighted by Gasteiger charge is -2.30. The zero-order valence-corrected chi connectivity index (χ0v) is 21.4. The van der Waals surface area contributed by atoms with E-state index in [1.165, 1.54) is 30.2 Å². The first-order chi connectivity index (χ1) is 16.7. The summed E-state index contributed by atoms with van der Waals surface area (Å²) in [4.78, 5) is 15.8. The van der Waals surface area contributed by atoms with Crippen LogP contribution in [0.5, 0.6) is 0 Å². The van der Waals surface area contributed by atoms with Crippen molar-refractivity contribution >= 4 is 35.8 Å². The van der Waals surface area contributed by atoms with Gasteiger partial charge in [0.05, 0.1) is 6.20 Å². The fourth-order valence-corrected chi connectivity index (χ4v) is 6.11. The number of hydrogen-bond donors (Lipinski definition) is 2. The minimum atomic E-state index is -2.51. The number of nitrogens with one attached hydrogen (secondary N) is 2. The van der Waals surface area contributed by atoms with Crippen molar-refractivity contribution in [2.75, 3.05) is 38.1 Å². The molecule has 2 N–H and O–H groups in total. The minimum Gasteiger partial charge on any atom is -0.324 e. The molecular weight excluding hydrogens is 457 g/mol. The van der Waals surface area contributed by atoms with Gasteiger partial charge in [0, 0.05) is 17.6 Å². The Morgan fingerprint density at radius 2 is 1.94 bits per heavy atom. The molecule has 0 bridgehead atoms.